The summed E-state index contributed by atoms with van der Waals surface area (Å²) >= 11 is 0. The molecule has 0 amide bonds. The summed E-state index contributed by atoms with van der Waals surface area (Å²) in [5.41, 5.74) is 17.8. The molecule has 3 aromatic heterocycles. The first-order valence-corrected chi connectivity index (χ1v) is 24.2. The van der Waals surface area contributed by atoms with E-state index in [4.69, 9.17) is 21.5 Å². The Morgan fingerprint density at radius 1 is 0.319 bits per heavy atom. The molecule has 0 saturated heterocycles. The van der Waals surface area contributed by atoms with E-state index in [1.54, 1.807) is 0 Å². The van der Waals surface area contributed by atoms with Gasteiger partial charge in [-0.25, -0.2) is 19.8 Å². The van der Waals surface area contributed by atoms with Gasteiger partial charge < -0.3 is 9.13 Å². The van der Waals surface area contributed by atoms with E-state index in [2.05, 4.69) is 198 Å². The summed E-state index contributed by atoms with van der Waals surface area (Å²) in [5.74, 6) is 1.71. The molecule has 10 aromatic carbocycles. The lowest BCUT2D eigenvalue weighted by Gasteiger charge is -2.18. The molecule has 6 heteroatoms. The summed E-state index contributed by atoms with van der Waals surface area (Å²) in [4.78, 5) is 20.0. The van der Waals surface area contributed by atoms with Crippen molar-refractivity contribution in [2.75, 3.05) is 0 Å². The smallest absolute Gasteiger partial charge is 0.218 e. The fraction of sp³-hybridized carbons (Fsp3) is 0.0303. The molecule has 0 radical (unpaired) electrons. The Hall–Kier alpha value is -9.70. The molecule has 13 rings (SSSR count). The van der Waals surface area contributed by atoms with E-state index in [1.165, 1.54) is 16.7 Å². The van der Waals surface area contributed by atoms with E-state index in [9.17, 15) is 0 Å². The maximum Gasteiger partial charge on any atom is 0.218 e. The number of benzene rings is 10. The Kier molecular flexibility index (Phi) is 10.2. The molecule has 0 saturated carbocycles. The predicted molar refractivity (Wildman–Crippen MR) is 297 cm³/mol. The Balaban J connectivity index is 1.06. The van der Waals surface area contributed by atoms with Crippen LogP contribution in [0.2, 0.25) is 0 Å². The highest BCUT2D eigenvalue weighted by Gasteiger charge is 2.23. The minimum atomic E-state index is 0.543. The van der Waals surface area contributed by atoms with Gasteiger partial charge in [0.25, 0.3) is 0 Å². The fourth-order valence-corrected chi connectivity index (χ4v) is 10.4. The first-order valence-electron chi connectivity index (χ1n) is 24.2. The predicted octanol–water partition coefficient (Wildman–Crippen LogP) is 17.2. The number of aromatic nitrogens is 5. The van der Waals surface area contributed by atoms with Crippen LogP contribution in [0.4, 0.5) is 5.69 Å². The molecule has 3 heterocycles. The Morgan fingerprint density at radius 3 is 1.29 bits per heavy atom. The monoisotopic (exact) mass is 920 g/mol. The van der Waals surface area contributed by atoms with Crippen LogP contribution in [0.25, 0.3) is 127 Å². The van der Waals surface area contributed by atoms with Gasteiger partial charge in [-0.15, -0.1) is 0 Å². The quantitative estimate of drug-likeness (QED) is 0.143. The SMILES string of the molecule is [C-]#[N+]c1c(-c2ccc(-c3nc(-c4ccccc4)nc(-c4ccccc4)n3)c(-n3c4ccccc4c4cc(-c5ccc(C)cc5)ccc43)c2)cccc1-n1c2ccccc2c2cc(-c3ccc(C)cc3)ccc21. The zero-order chi connectivity index (χ0) is 48.3. The first kappa shape index (κ1) is 42.4. The van der Waals surface area contributed by atoms with Gasteiger partial charge in [-0.1, -0.05) is 187 Å². The van der Waals surface area contributed by atoms with E-state index >= 15 is 0 Å². The maximum atomic E-state index is 8.94. The van der Waals surface area contributed by atoms with Gasteiger partial charge in [-0.05, 0) is 102 Å². The van der Waals surface area contributed by atoms with Crippen LogP contribution in [0.1, 0.15) is 11.1 Å². The van der Waals surface area contributed by atoms with Gasteiger partial charge in [-0.2, -0.15) is 0 Å². The summed E-state index contributed by atoms with van der Waals surface area (Å²) in [6.45, 7) is 13.2. The van der Waals surface area contributed by atoms with Crippen LogP contribution < -0.4 is 0 Å². The molecule has 0 fully saturated rings. The molecule has 0 N–H and O–H groups in total. The fourth-order valence-electron chi connectivity index (χ4n) is 10.4. The molecule has 0 bridgehead atoms. The lowest BCUT2D eigenvalue weighted by Crippen LogP contribution is -2.04. The molecule has 0 spiro atoms. The Morgan fingerprint density at radius 2 is 0.764 bits per heavy atom. The minimum absolute atomic E-state index is 0.543. The summed E-state index contributed by atoms with van der Waals surface area (Å²) < 4.78 is 4.60. The third-order valence-electron chi connectivity index (χ3n) is 14.0. The summed E-state index contributed by atoms with van der Waals surface area (Å²) in [5, 5.41) is 4.53. The van der Waals surface area contributed by atoms with Crippen molar-refractivity contribution in [1.82, 2.24) is 24.1 Å². The summed E-state index contributed by atoms with van der Waals surface area (Å²) in [6.07, 6.45) is 0. The van der Waals surface area contributed by atoms with Crippen molar-refractivity contribution < 1.29 is 0 Å². The molecular weight excluding hydrogens is 877 g/mol. The maximum absolute atomic E-state index is 8.94. The highest BCUT2D eigenvalue weighted by molar-refractivity contribution is 6.12. The lowest BCUT2D eigenvalue weighted by molar-refractivity contribution is 1.06. The van der Waals surface area contributed by atoms with Gasteiger partial charge in [0.1, 0.15) is 0 Å². The van der Waals surface area contributed by atoms with Gasteiger partial charge in [-0.3, -0.25) is 0 Å². The molecule has 0 aliphatic carbocycles. The molecule has 338 valence electrons. The number of fused-ring (bicyclic) bond motifs is 6. The first-order chi connectivity index (χ1) is 35.5. The molecule has 0 aliphatic heterocycles. The van der Waals surface area contributed by atoms with Crippen molar-refractivity contribution in [3.8, 4) is 78.9 Å². The number of para-hydroxylation sites is 3. The number of rotatable bonds is 8. The third kappa shape index (κ3) is 7.23. The lowest BCUT2D eigenvalue weighted by atomic mass is 9.98. The standard InChI is InChI=1S/C66H44N6/c1-42-25-29-44(30-26-42)48-34-37-59-55(39-48)52-19-10-12-22-57(52)71(59)61-24-14-21-51(63(61)67-3)50-33-36-54(66-69-64(46-15-6-4-7-16-46)68-65(70-66)47-17-8-5-9-18-47)62(41-50)72-58-23-13-11-20-53(58)56-40-49(35-38-60(56)72)45-31-27-43(2)28-32-45/h4-41H,1-2H3. The van der Waals surface area contributed by atoms with Crippen molar-refractivity contribution in [3.05, 3.63) is 253 Å². The second kappa shape index (κ2) is 17.4. The van der Waals surface area contributed by atoms with Crippen LogP contribution >= 0.6 is 0 Å². The van der Waals surface area contributed by atoms with E-state index in [1.807, 2.05) is 60.7 Å². The van der Waals surface area contributed by atoms with Crippen LogP contribution in [0, 0.1) is 20.4 Å². The van der Waals surface area contributed by atoms with E-state index in [0.717, 1.165) is 99.5 Å². The van der Waals surface area contributed by atoms with Crippen LogP contribution in [-0.4, -0.2) is 24.1 Å². The Labute approximate surface area is 417 Å². The van der Waals surface area contributed by atoms with Crippen LogP contribution in [0.5, 0.6) is 0 Å². The number of nitrogens with zero attached hydrogens (tertiary/aromatic N) is 6. The van der Waals surface area contributed by atoms with Gasteiger partial charge in [0.05, 0.1) is 40.0 Å². The van der Waals surface area contributed by atoms with Crippen LogP contribution in [0.3, 0.4) is 0 Å². The number of hydrogen-bond donors (Lipinski definition) is 0. The van der Waals surface area contributed by atoms with Crippen molar-refractivity contribution in [1.29, 1.82) is 0 Å². The second-order valence-corrected chi connectivity index (χ2v) is 18.5. The molecule has 72 heavy (non-hydrogen) atoms. The van der Waals surface area contributed by atoms with Crippen LogP contribution in [-0.2, 0) is 0 Å². The van der Waals surface area contributed by atoms with E-state index in [-0.39, 0.29) is 0 Å². The van der Waals surface area contributed by atoms with Crippen molar-refractivity contribution in [3.63, 3.8) is 0 Å². The molecule has 0 unspecified atom stereocenters. The van der Waals surface area contributed by atoms with Crippen LogP contribution in [0.15, 0.2) is 231 Å². The van der Waals surface area contributed by atoms with Crippen molar-refractivity contribution in [2.24, 2.45) is 0 Å². The van der Waals surface area contributed by atoms with Crippen molar-refractivity contribution >= 4 is 49.3 Å². The normalized spacial score (nSPS) is 11.5. The molecule has 13 aromatic rings. The molecule has 0 aliphatic rings. The Bertz CT molecular complexity index is 4220. The highest BCUT2D eigenvalue weighted by Crippen LogP contribution is 2.44. The van der Waals surface area contributed by atoms with Crippen molar-refractivity contribution in [2.45, 2.75) is 13.8 Å². The van der Waals surface area contributed by atoms with Gasteiger partial charge >= 0.3 is 0 Å². The van der Waals surface area contributed by atoms with E-state index < -0.39 is 0 Å². The average molecular weight is 921 g/mol. The second-order valence-electron chi connectivity index (χ2n) is 18.5. The van der Waals surface area contributed by atoms with Gasteiger partial charge in [0, 0.05) is 38.2 Å². The minimum Gasteiger partial charge on any atom is -0.319 e. The highest BCUT2D eigenvalue weighted by atomic mass is 15.1. The third-order valence-corrected chi connectivity index (χ3v) is 14.0. The number of aryl methyl sites for hydroxylation is 2. The zero-order valence-electron chi connectivity index (χ0n) is 39.6. The number of hydrogen-bond acceptors (Lipinski definition) is 3. The molecule has 6 nitrogen and oxygen atoms in total. The van der Waals surface area contributed by atoms with Gasteiger partial charge in [0.15, 0.2) is 17.5 Å². The molecule has 0 atom stereocenters. The zero-order valence-corrected chi connectivity index (χ0v) is 39.6. The average Bonchev–Trinajstić information content (AvgIpc) is 3.95. The largest absolute Gasteiger partial charge is 0.319 e. The van der Waals surface area contributed by atoms with E-state index in [0.29, 0.717) is 23.2 Å². The summed E-state index contributed by atoms with van der Waals surface area (Å²) in [7, 11) is 0. The topological polar surface area (TPSA) is 52.9 Å². The van der Waals surface area contributed by atoms with Gasteiger partial charge in [0.2, 0.25) is 5.69 Å². The molecular formula is C66H44N6. The summed E-state index contributed by atoms with van der Waals surface area (Å²) in [6, 6.07) is 80.8.